The van der Waals surface area contributed by atoms with Gasteiger partial charge in [-0.3, -0.25) is 4.79 Å². The molecule has 1 heterocycles. The van der Waals surface area contributed by atoms with E-state index in [9.17, 15) is 9.59 Å². The number of ether oxygens (including phenoxy) is 2. The molecule has 1 aliphatic heterocycles. The summed E-state index contributed by atoms with van der Waals surface area (Å²) in [6.07, 6.45) is 2.49. The Kier molecular flexibility index (Phi) is 7.17. The van der Waals surface area contributed by atoms with Crippen molar-refractivity contribution in [3.63, 3.8) is 0 Å². The lowest BCUT2D eigenvalue weighted by molar-refractivity contribution is -0.0392. The SMILES string of the molecule is O=C(O)c1cccc(CCNC(=O)c2ccccc2COC2CCOCC2)c1. The Labute approximate surface area is 164 Å². The van der Waals surface area contributed by atoms with Crippen LogP contribution in [0, 0.1) is 0 Å². The fraction of sp³-hybridized carbons (Fsp3) is 0.364. The number of carbonyl (C=O) groups excluding carboxylic acids is 1. The zero-order valence-corrected chi connectivity index (χ0v) is 15.7. The molecule has 28 heavy (non-hydrogen) atoms. The van der Waals surface area contributed by atoms with E-state index in [-0.39, 0.29) is 17.6 Å². The molecular formula is C22H25NO5. The van der Waals surface area contributed by atoms with E-state index in [1.54, 1.807) is 24.3 Å². The number of carbonyl (C=O) groups is 2. The summed E-state index contributed by atoms with van der Waals surface area (Å²) in [7, 11) is 0. The van der Waals surface area contributed by atoms with Crippen molar-refractivity contribution < 1.29 is 24.2 Å². The highest BCUT2D eigenvalue weighted by Crippen LogP contribution is 2.16. The maximum atomic E-state index is 12.6. The van der Waals surface area contributed by atoms with Gasteiger partial charge in [-0.2, -0.15) is 0 Å². The molecule has 6 nitrogen and oxygen atoms in total. The second-order valence-corrected chi connectivity index (χ2v) is 6.79. The van der Waals surface area contributed by atoms with Gasteiger partial charge in [0.05, 0.1) is 18.3 Å². The van der Waals surface area contributed by atoms with E-state index in [1.807, 2.05) is 24.3 Å². The summed E-state index contributed by atoms with van der Waals surface area (Å²) < 4.78 is 11.3. The fourth-order valence-electron chi connectivity index (χ4n) is 3.19. The van der Waals surface area contributed by atoms with Crippen LogP contribution in [0.4, 0.5) is 0 Å². The van der Waals surface area contributed by atoms with E-state index >= 15 is 0 Å². The lowest BCUT2D eigenvalue weighted by Gasteiger charge is -2.23. The Morgan fingerprint density at radius 2 is 1.89 bits per heavy atom. The summed E-state index contributed by atoms with van der Waals surface area (Å²) in [6.45, 7) is 2.26. The van der Waals surface area contributed by atoms with Crippen molar-refractivity contribution in [2.24, 2.45) is 0 Å². The van der Waals surface area contributed by atoms with Crippen molar-refractivity contribution in [3.8, 4) is 0 Å². The zero-order valence-electron chi connectivity index (χ0n) is 15.7. The highest BCUT2D eigenvalue weighted by Gasteiger charge is 2.16. The predicted octanol–water partition coefficient (Wildman–Crippen LogP) is 3.05. The quantitative estimate of drug-likeness (QED) is 0.732. The number of hydrogen-bond donors (Lipinski definition) is 2. The first-order chi connectivity index (χ1) is 13.6. The lowest BCUT2D eigenvalue weighted by Crippen LogP contribution is -2.27. The van der Waals surface area contributed by atoms with Crippen LogP contribution < -0.4 is 5.32 Å². The Bertz CT molecular complexity index is 814. The molecule has 2 aromatic rings. The standard InChI is InChI=1S/C22H25NO5/c24-21(23-11-8-16-4-3-6-17(14-16)22(25)26)20-7-2-1-5-18(20)15-28-19-9-12-27-13-10-19/h1-7,14,19H,8-13,15H2,(H,23,24)(H,25,26). The second kappa shape index (κ2) is 10.0. The molecule has 2 N–H and O–H groups in total. The van der Waals surface area contributed by atoms with Crippen LogP contribution in [-0.2, 0) is 22.5 Å². The smallest absolute Gasteiger partial charge is 0.335 e. The molecule has 6 heteroatoms. The molecule has 0 unspecified atom stereocenters. The van der Waals surface area contributed by atoms with Crippen LogP contribution in [-0.4, -0.2) is 42.8 Å². The van der Waals surface area contributed by atoms with Crippen LogP contribution >= 0.6 is 0 Å². The average Bonchev–Trinajstić information content (AvgIpc) is 2.73. The predicted molar refractivity (Wildman–Crippen MR) is 105 cm³/mol. The molecule has 0 radical (unpaired) electrons. The molecule has 148 valence electrons. The molecule has 2 aromatic carbocycles. The fourth-order valence-corrected chi connectivity index (χ4v) is 3.19. The maximum Gasteiger partial charge on any atom is 0.335 e. The van der Waals surface area contributed by atoms with E-state index in [0.29, 0.717) is 25.1 Å². The molecule has 0 aliphatic carbocycles. The van der Waals surface area contributed by atoms with Gasteiger partial charge in [-0.15, -0.1) is 0 Å². The highest BCUT2D eigenvalue weighted by molar-refractivity contribution is 5.95. The first-order valence-corrected chi connectivity index (χ1v) is 9.51. The van der Waals surface area contributed by atoms with Crippen molar-refractivity contribution in [1.82, 2.24) is 5.32 Å². The van der Waals surface area contributed by atoms with Crippen molar-refractivity contribution in [3.05, 3.63) is 70.8 Å². The number of benzene rings is 2. The van der Waals surface area contributed by atoms with Gasteiger partial charge in [0.2, 0.25) is 0 Å². The minimum absolute atomic E-state index is 0.152. The number of carboxylic acid groups (broad SMARTS) is 1. The second-order valence-electron chi connectivity index (χ2n) is 6.79. The number of aromatic carboxylic acids is 1. The number of amides is 1. The minimum Gasteiger partial charge on any atom is -0.478 e. The van der Waals surface area contributed by atoms with Gasteiger partial charge in [0, 0.05) is 25.3 Å². The van der Waals surface area contributed by atoms with Gasteiger partial charge < -0.3 is 19.9 Å². The van der Waals surface area contributed by atoms with Crippen molar-refractivity contribution in [2.45, 2.75) is 32.0 Å². The van der Waals surface area contributed by atoms with Gasteiger partial charge >= 0.3 is 5.97 Å². The van der Waals surface area contributed by atoms with Gasteiger partial charge in [0.15, 0.2) is 0 Å². The Morgan fingerprint density at radius 1 is 1.11 bits per heavy atom. The van der Waals surface area contributed by atoms with Gasteiger partial charge in [-0.1, -0.05) is 30.3 Å². The summed E-state index contributed by atoms with van der Waals surface area (Å²) in [5, 5.41) is 12.0. The van der Waals surface area contributed by atoms with Gasteiger partial charge in [0.25, 0.3) is 5.91 Å². The Hall–Kier alpha value is -2.70. The van der Waals surface area contributed by atoms with E-state index in [1.165, 1.54) is 0 Å². The van der Waals surface area contributed by atoms with Gasteiger partial charge in [0.1, 0.15) is 0 Å². The summed E-state index contributed by atoms with van der Waals surface area (Å²) in [5.41, 5.74) is 2.59. The molecule has 0 bridgehead atoms. The van der Waals surface area contributed by atoms with E-state index < -0.39 is 5.97 Å². The number of hydrogen-bond acceptors (Lipinski definition) is 4. The summed E-state index contributed by atoms with van der Waals surface area (Å²) in [4.78, 5) is 23.6. The van der Waals surface area contributed by atoms with Crippen molar-refractivity contribution in [1.29, 1.82) is 0 Å². The van der Waals surface area contributed by atoms with Crippen LogP contribution in [0.25, 0.3) is 0 Å². The van der Waals surface area contributed by atoms with Crippen LogP contribution in [0.5, 0.6) is 0 Å². The van der Waals surface area contributed by atoms with Gasteiger partial charge in [-0.05, 0) is 48.6 Å². The molecule has 1 saturated heterocycles. The van der Waals surface area contributed by atoms with Crippen LogP contribution in [0.1, 0.15) is 44.7 Å². The van der Waals surface area contributed by atoms with Crippen LogP contribution in [0.3, 0.4) is 0 Å². The lowest BCUT2D eigenvalue weighted by atomic mass is 10.1. The topological polar surface area (TPSA) is 84.9 Å². The number of carboxylic acids is 1. The molecule has 0 spiro atoms. The van der Waals surface area contributed by atoms with Gasteiger partial charge in [-0.25, -0.2) is 4.79 Å². The van der Waals surface area contributed by atoms with E-state index in [2.05, 4.69) is 5.32 Å². The molecule has 0 aromatic heterocycles. The number of nitrogens with one attached hydrogen (secondary N) is 1. The van der Waals surface area contributed by atoms with Crippen LogP contribution in [0.2, 0.25) is 0 Å². The Morgan fingerprint density at radius 3 is 2.68 bits per heavy atom. The molecule has 0 saturated carbocycles. The summed E-state index contributed by atoms with van der Waals surface area (Å²) >= 11 is 0. The number of rotatable bonds is 8. The van der Waals surface area contributed by atoms with Crippen LogP contribution in [0.15, 0.2) is 48.5 Å². The third-order valence-electron chi connectivity index (χ3n) is 4.78. The first-order valence-electron chi connectivity index (χ1n) is 9.51. The zero-order chi connectivity index (χ0) is 19.8. The largest absolute Gasteiger partial charge is 0.478 e. The third kappa shape index (κ3) is 5.65. The molecule has 1 aliphatic rings. The highest BCUT2D eigenvalue weighted by atomic mass is 16.5. The van der Waals surface area contributed by atoms with E-state index in [4.69, 9.17) is 14.6 Å². The van der Waals surface area contributed by atoms with Crippen molar-refractivity contribution >= 4 is 11.9 Å². The summed E-state index contributed by atoms with van der Waals surface area (Å²) in [5.74, 6) is -1.11. The molecule has 3 rings (SSSR count). The average molecular weight is 383 g/mol. The van der Waals surface area contributed by atoms with Crippen molar-refractivity contribution in [2.75, 3.05) is 19.8 Å². The summed E-state index contributed by atoms with van der Waals surface area (Å²) in [6, 6.07) is 14.2. The molecule has 1 amide bonds. The molecule has 1 fully saturated rings. The third-order valence-corrected chi connectivity index (χ3v) is 4.78. The normalized spacial score (nSPS) is 14.6. The monoisotopic (exact) mass is 383 g/mol. The maximum absolute atomic E-state index is 12.6. The first kappa shape index (κ1) is 20.0. The molecular weight excluding hydrogens is 358 g/mol. The molecule has 0 atom stereocenters. The Balaban J connectivity index is 1.54. The minimum atomic E-state index is -0.954. The van der Waals surface area contributed by atoms with E-state index in [0.717, 1.165) is 37.2 Å².